The molecule has 2 aromatic rings. The van der Waals surface area contributed by atoms with Gasteiger partial charge in [-0.05, 0) is 50.6 Å². The van der Waals surface area contributed by atoms with Crippen LogP contribution in [0.15, 0.2) is 40.8 Å². The predicted molar refractivity (Wildman–Crippen MR) is 91.1 cm³/mol. The highest BCUT2D eigenvalue weighted by atomic mass is 19.1. The third-order valence-electron chi connectivity index (χ3n) is 4.51. The van der Waals surface area contributed by atoms with Gasteiger partial charge in [0.15, 0.2) is 0 Å². The third-order valence-corrected chi connectivity index (χ3v) is 4.51. The van der Waals surface area contributed by atoms with Crippen molar-refractivity contribution in [2.24, 2.45) is 0 Å². The molecule has 0 aliphatic carbocycles. The SMILES string of the molecule is CC1NCCCC1NC(=O)CCc1ccc(-c2ccccc2F)o1. The molecule has 1 fully saturated rings. The van der Waals surface area contributed by atoms with Crippen LogP contribution in [0.1, 0.15) is 31.9 Å². The number of amides is 1. The summed E-state index contributed by atoms with van der Waals surface area (Å²) in [4.78, 5) is 12.1. The summed E-state index contributed by atoms with van der Waals surface area (Å²) >= 11 is 0. The second kappa shape index (κ2) is 7.62. The van der Waals surface area contributed by atoms with Crippen LogP contribution in [0, 0.1) is 5.82 Å². The van der Waals surface area contributed by atoms with Crippen LogP contribution in [-0.4, -0.2) is 24.5 Å². The summed E-state index contributed by atoms with van der Waals surface area (Å²) in [6, 6.07) is 10.6. The molecule has 0 radical (unpaired) electrons. The van der Waals surface area contributed by atoms with E-state index in [1.54, 1.807) is 30.3 Å². The molecule has 2 N–H and O–H groups in total. The van der Waals surface area contributed by atoms with Crippen LogP contribution in [-0.2, 0) is 11.2 Å². The third kappa shape index (κ3) is 4.03. The number of carbonyl (C=O) groups excluding carboxylic acids is 1. The topological polar surface area (TPSA) is 54.3 Å². The Hall–Kier alpha value is -2.14. The minimum absolute atomic E-state index is 0.0272. The van der Waals surface area contributed by atoms with Crippen LogP contribution in [0.4, 0.5) is 4.39 Å². The first kappa shape index (κ1) is 16.7. The lowest BCUT2D eigenvalue weighted by Gasteiger charge is -2.30. The van der Waals surface area contributed by atoms with Crippen molar-refractivity contribution in [1.82, 2.24) is 10.6 Å². The van der Waals surface area contributed by atoms with Crippen molar-refractivity contribution in [2.45, 2.75) is 44.7 Å². The molecular weight excluding hydrogens is 307 g/mol. The Morgan fingerprint density at radius 1 is 1.33 bits per heavy atom. The van der Waals surface area contributed by atoms with Gasteiger partial charge in [0.25, 0.3) is 0 Å². The molecule has 5 heteroatoms. The van der Waals surface area contributed by atoms with Gasteiger partial charge >= 0.3 is 0 Å². The zero-order valence-corrected chi connectivity index (χ0v) is 13.8. The molecule has 1 aromatic heterocycles. The Bertz CT molecular complexity index is 698. The smallest absolute Gasteiger partial charge is 0.220 e. The van der Waals surface area contributed by atoms with E-state index in [2.05, 4.69) is 17.6 Å². The summed E-state index contributed by atoms with van der Waals surface area (Å²) in [7, 11) is 0. The second-order valence-corrected chi connectivity index (χ2v) is 6.30. The van der Waals surface area contributed by atoms with E-state index in [0.29, 0.717) is 36.0 Å². The maximum Gasteiger partial charge on any atom is 0.220 e. The lowest BCUT2D eigenvalue weighted by molar-refractivity contribution is -0.122. The van der Waals surface area contributed by atoms with Gasteiger partial charge < -0.3 is 15.1 Å². The van der Waals surface area contributed by atoms with E-state index in [-0.39, 0.29) is 17.8 Å². The Morgan fingerprint density at radius 2 is 2.17 bits per heavy atom. The summed E-state index contributed by atoms with van der Waals surface area (Å²) in [6.45, 7) is 3.11. The van der Waals surface area contributed by atoms with E-state index >= 15 is 0 Å². The lowest BCUT2D eigenvalue weighted by Crippen LogP contribution is -2.51. The Labute approximate surface area is 141 Å². The standard InChI is InChI=1S/C19H23FN2O2/c1-13-17(7-4-12-21-13)22-19(23)11-9-14-8-10-18(24-14)15-5-2-3-6-16(15)20/h2-3,5-6,8,10,13,17,21H,4,7,9,11-12H2,1H3,(H,22,23). The summed E-state index contributed by atoms with van der Waals surface area (Å²) in [5.74, 6) is 0.904. The number of nitrogens with one attached hydrogen (secondary N) is 2. The van der Waals surface area contributed by atoms with Crippen molar-refractivity contribution in [2.75, 3.05) is 6.54 Å². The zero-order chi connectivity index (χ0) is 16.9. The molecular formula is C19H23FN2O2. The van der Waals surface area contributed by atoms with Gasteiger partial charge in [-0.2, -0.15) is 0 Å². The largest absolute Gasteiger partial charge is 0.461 e. The fraction of sp³-hybridized carbons (Fsp3) is 0.421. The maximum absolute atomic E-state index is 13.8. The summed E-state index contributed by atoms with van der Waals surface area (Å²) < 4.78 is 19.4. The summed E-state index contributed by atoms with van der Waals surface area (Å²) in [6.07, 6.45) is 2.97. The van der Waals surface area contributed by atoms with E-state index in [0.717, 1.165) is 19.4 Å². The zero-order valence-electron chi connectivity index (χ0n) is 13.8. The molecule has 1 saturated heterocycles. The molecule has 4 nitrogen and oxygen atoms in total. The second-order valence-electron chi connectivity index (χ2n) is 6.30. The van der Waals surface area contributed by atoms with E-state index in [4.69, 9.17) is 4.42 Å². The van der Waals surface area contributed by atoms with Crippen LogP contribution < -0.4 is 10.6 Å². The minimum atomic E-state index is -0.310. The molecule has 2 unspecified atom stereocenters. The number of rotatable bonds is 5. The van der Waals surface area contributed by atoms with Crippen LogP contribution in [0.25, 0.3) is 11.3 Å². The molecule has 2 atom stereocenters. The molecule has 128 valence electrons. The van der Waals surface area contributed by atoms with Crippen molar-refractivity contribution in [1.29, 1.82) is 0 Å². The lowest BCUT2D eigenvalue weighted by atomic mass is 9.99. The van der Waals surface area contributed by atoms with Crippen LogP contribution in [0.5, 0.6) is 0 Å². The first-order chi connectivity index (χ1) is 11.6. The monoisotopic (exact) mass is 330 g/mol. The number of carbonyl (C=O) groups is 1. The van der Waals surface area contributed by atoms with Gasteiger partial charge in [-0.25, -0.2) is 4.39 Å². The molecule has 3 rings (SSSR count). The predicted octanol–water partition coefficient (Wildman–Crippen LogP) is 3.28. The fourth-order valence-corrected chi connectivity index (χ4v) is 3.07. The highest BCUT2D eigenvalue weighted by molar-refractivity contribution is 5.76. The minimum Gasteiger partial charge on any atom is -0.461 e. The van der Waals surface area contributed by atoms with E-state index < -0.39 is 0 Å². The quantitative estimate of drug-likeness (QED) is 0.885. The van der Waals surface area contributed by atoms with Gasteiger partial charge in [0, 0.05) is 24.9 Å². The molecule has 24 heavy (non-hydrogen) atoms. The maximum atomic E-state index is 13.8. The van der Waals surface area contributed by atoms with Gasteiger partial charge in [-0.1, -0.05) is 12.1 Å². The van der Waals surface area contributed by atoms with Gasteiger partial charge in [0.2, 0.25) is 5.91 Å². The van der Waals surface area contributed by atoms with Crippen LogP contribution >= 0.6 is 0 Å². The number of aryl methyl sites for hydroxylation is 1. The van der Waals surface area contributed by atoms with E-state index in [9.17, 15) is 9.18 Å². The number of benzene rings is 1. The van der Waals surface area contributed by atoms with Crippen molar-refractivity contribution in [3.8, 4) is 11.3 Å². The van der Waals surface area contributed by atoms with Crippen LogP contribution in [0.3, 0.4) is 0 Å². The van der Waals surface area contributed by atoms with Gasteiger partial charge in [-0.3, -0.25) is 4.79 Å². The number of hydrogen-bond acceptors (Lipinski definition) is 3. The normalized spacial score (nSPS) is 20.8. The van der Waals surface area contributed by atoms with Gasteiger partial charge in [0.1, 0.15) is 17.3 Å². The van der Waals surface area contributed by atoms with Gasteiger partial charge in [-0.15, -0.1) is 0 Å². The average Bonchev–Trinajstić information content (AvgIpc) is 3.04. The fourth-order valence-electron chi connectivity index (χ4n) is 3.07. The molecule has 0 spiro atoms. The Balaban J connectivity index is 1.54. The van der Waals surface area contributed by atoms with E-state index in [1.165, 1.54) is 6.07 Å². The Kier molecular flexibility index (Phi) is 5.30. The van der Waals surface area contributed by atoms with Crippen molar-refractivity contribution >= 4 is 5.91 Å². The number of hydrogen-bond donors (Lipinski definition) is 2. The van der Waals surface area contributed by atoms with Crippen molar-refractivity contribution in [3.05, 3.63) is 48.0 Å². The molecule has 0 saturated carbocycles. The van der Waals surface area contributed by atoms with Crippen molar-refractivity contribution in [3.63, 3.8) is 0 Å². The van der Waals surface area contributed by atoms with Gasteiger partial charge in [0.05, 0.1) is 5.56 Å². The molecule has 1 amide bonds. The average molecular weight is 330 g/mol. The molecule has 2 heterocycles. The number of piperidine rings is 1. The highest BCUT2D eigenvalue weighted by Crippen LogP contribution is 2.25. The Morgan fingerprint density at radius 3 is 2.96 bits per heavy atom. The first-order valence-corrected chi connectivity index (χ1v) is 8.50. The molecule has 1 aliphatic heterocycles. The van der Waals surface area contributed by atoms with Crippen molar-refractivity contribution < 1.29 is 13.6 Å². The summed E-state index contributed by atoms with van der Waals surface area (Å²) in [5, 5.41) is 6.45. The number of furan rings is 1. The van der Waals surface area contributed by atoms with Crippen LogP contribution in [0.2, 0.25) is 0 Å². The molecule has 1 aromatic carbocycles. The van der Waals surface area contributed by atoms with E-state index in [1.807, 2.05) is 0 Å². The number of halogens is 1. The molecule has 1 aliphatic rings. The summed E-state index contributed by atoms with van der Waals surface area (Å²) in [5.41, 5.74) is 0.440. The first-order valence-electron chi connectivity index (χ1n) is 8.50. The highest BCUT2D eigenvalue weighted by Gasteiger charge is 2.22. The molecule has 0 bridgehead atoms.